The average molecular weight is 312 g/mol. The summed E-state index contributed by atoms with van der Waals surface area (Å²) >= 11 is 0. The molecule has 2 aromatic heterocycles. The third-order valence-electron chi connectivity index (χ3n) is 5.01. The summed E-state index contributed by atoms with van der Waals surface area (Å²) in [4.78, 5) is 13.4. The van der Waals surface area contributed by atoms with Crippen LogP contribution in [0.4, 0.5) is 5.82 Å². The average Bonchev–Trinajstić information content (AvgIpc) is 2.54. The van der Waals surface area contributed by atoms with Crippen LogP contribution in [-0.4, -0.2) is 33.2 Å². The molecule has 0 amide bonds. The minimum Gasteiger partial charge on any atom is -0.396 e. The minimum atomic E-state index is 0.233. The lowest BCUT2D eigenvalue weighted by Gasteiger charge is -2.42. The molecule has 1 saturated carbocycles. The molecule has 0 spiro atoms. The van der Waals surface area contributed by atoms with Gasteiger partial charge >= 0.3 is 0 Å². The standard InChI is InChI=1S/C18H24N4O/c1-13-14(2)21-17(15-4-9-19-10-5-15)22-16(13)20-12-18(8-11-23)6-3-7-18/h4-5,9-10,23H,3,6-8,11-12H2,1-2H3,(H,20,21,22). The Morgan fingerprint density at radius 2 is 1.91 bits per heavy atom. The van der Waals surface area contributed by atoms with Crippen LogP contribution in [0.15, 0.2) is 24.5 Å². The van der Waals surface area contributed by atoms with E-state index in [4.69, 9.17) is 4.98 Å². The number of nitrogens with one attached hydrogen (secondary N) is 1. The monoisotopic (exact) mass is 312 g/mol. The smallest absolute Gasteiger partial charge is 0.161 e. The number of aryl methyl sites for hydroxylation is 1. The first kappa shape index (κ1) is 15.9. The van der Waals surface area contributed by atoms with E-state index in [0.717, 1.165) is 41.4 Å². The molecule has 0 aliphatic heterocycles. The van der Waals surface area contributed by atoms with Crippen molar-refractivity contribution >= 4 is 5.82 Å². The molecule has 2 heterocycles. The van der Waals surface area contributed by atoms with E-state index in [9.17, 15) is 5.11 Å². The first-order chi connectivity index (χ1) is 11.1. The number of hydrogen-bond acceptors (Lipinski definition) is 5. The van der Waals surface area contributed by atoms with Gasteiger partial charge in [0.15, 0.2) is 5.82 Å². The molecule has 1 aliphatic rings. The maximum absolute atomic E-state index is 9.30. The van der Waals surface area contributed by atoms with Gasteiger partial charge in [-0.1, -0.05) is 6.42 Å². The van der Waals surface area contributed by atoms with E-state index in [2.05, 4.69) is 15.3 Å². The van der Waals surface area contributed by atoms with E-state index in [-0.39, 0.29) is 12.0 Å². The van der Waals surface area contributed by atoms with Crippen molar-refractivity contribution in [1.29, 1.82) is 0 Å². The van der Waals surface area contributed by atoms with Gasteiger partial charge in [-0.25, -0.2) is 9.97 Å². The molecular weight excluding hydrogens is 288 g/mol. The summed E-state index contributed by atoms with van der Waals surface area (Å²) in [6.07, 6.45) is 7.99. The van der Waals surface area contributed by atoms with Crippen molar-refractivity contribution in [3.05, 3.63) is 35.8 Å². The fourth-order valence-corrected chi connectivity index (χ4v) is 3.13. The molecule has 0 radical (unpaired) electrons. The Kier molecular flexibility index (Phi) is 4.57. The second-order valence-electron chi connectivity index (χ2n) is 6.52. The fourth-order valence-electron chi connectivity index (χ4n) is 3.13. The molecule has 0 bridgehead atoms. The first-order valence-electron chi connectivity index (χ1n) is 8.24. The summed E-state index contributed by atoms with van der Waals surface area (Å²) < 4.78 is 0. The van der Waals surface area contributed by atoms with Crippen molar-refractivity contribution in [2.24, 2.45) is 5.41 Å². The van der Waals surface area contributed by atoms with Crippen LogP contribution >= 0.6 is 0 Å². The number of anilines is 1. The zero-order valence-corrected chi connectivity index (χ0v) is 13.8. The van der Waals surface area contributed by atoms with E-state index in [0.29, 0.717) is 0 Å². The van der Waals surface area contributed by atoms with Crippen molar-refractivity contribution in [3.63, 3.8) is 0 Å². The van der Waals surface area contributed by atoms with Crippen molar-refractivity contribution in [2.45, 2.75) is 39.5 Å². The van der Waals surface area contributed by atoms with Crippen LogP contribution in [0.3, 0.4) is 0 Å². The van der Waals surface area contributed by atoms with Crippen LogP contribution in [0.5, 0.6) is 0 Å². The summed E-state index contributed by atoms with van der Waals surface area (Å²) in [5.41, 5.74) is 3.27. The Hall–Kier alpha value is -2.01. The van der Waals surface area contributed by atoms with Crippen molar-refractivity contribution in [2.75, 3.05) is 18.5 Å². The molecule has 2 aromatic rings. The van der Waals surface area contributed by atoms with Gasteiger partial charge in [-0.15, -0.1) is 0 Å². The summed E-state index contributed by atoms with van der Waals surface area (Å²) in [6.45, 7) is 5.18. The van der Waals surface area contributed by atoms with Crippen LogP contribution in [0.1, 0.15) is 36.9 Å². The van der Waals surface area contributed by atoms with Gasteiger partial charge in [0, 0.05) is 42.4 Å². The molecule has 0 unspecified atom stereocenters. The lowest BCUT2D eigenvalue weighted by molar-refractivity contribution is 0.101. The van der Waals surface area contributed by atoms with Crippen LogP contribution in [0.25, 0.3) is 11.4 Å². The van der Waals surface area contributed by atoms with Crippen LogP contribution < -0.4 is 5.32 Å². The van der Waals surface area contributed by atoms with Gasteiger partial charge in [0.05, 0.1) is 0 Å². The van der Waals surface area contributed by atoms with Gasteiger partial charge in [0.25, 0.3) is 0 Å². The van der Waals surface area contributed by atoms with E-state index >= 15 is 0 Å². The number of aliphatic hydroxyl groups is 1. The zero-order valence-electron chi connectivity index (χ0n) is 13.8. The molecule has 1 aliphatic carbocycles. The Morgan fingerprint density at radius 3 is 2.52 bits per heavy atom. The maximum atomic E-state index is 9.30. The number of aliphatic hydroxyl groups excluding tert-OH is 1. The van der Waals surface area contributed by atoms with Crippen molar-refractivity contribution in [1.82, 2.24) is 15.0 Å². The lowest BCUT2D eigenvalue weighted by Crippen LogP contribution is -2.37. The van der Waals surface area contributed by atoms with E-state index in [1.54, 1.807) is 12.4 Å². The topological polar surface area (TPSA) is 70.9 Å². The summed E-state index contributed by atoms with van der Waals surface area (Å²) in [5.74, 6) is 1.62. The number of hydrogen-bond donors (Lipinski definition) is 2. The quantitative estimate of drug-likeness (QED) is 0.857. The Labute approximate surface area is 137 Å². The Morgan fingerprint density at radius 1 is 1.17 bits per heavy atom. The Bertz CT molecular complexity index is 668. The molecule has 5 heteroatoms. The number of pyridine rings is 1. The molecule has 2 N–H and O–H groups in total. The number of nitrogens with zero attached hydrogens (tertiary/aromatic N) is 3. The van der Waals surface area contributed by atoms with Crippen LogP contribution in [-0.2, 0) is 0 Å². The van der Waals surface area contributed by atoms with Crippen LogP contribution in [0.2, 0.25) is 0 Å². The predicted octanol–water partition coefficient (Wildman–Crippen LogP) is 3.12. The maximum Gasteiger partial charge on any atom is 0.161 e. The predicted molar refractivity (Wildman–Crippen MR) is 91.2 cm³/mol. The zero-order chi connectivity index (χ0) is 16.3. The third kappa shape index (κ3) is 3.34. The number of rotatable bonds is 6. The molecular formula is C18H24N4O. The van der Waals surface area contributed by atoms with Gasteiger partial charge in [-0.2, -0.15) is 0 Å². The third-order valence-corrected chi connectivity index (χ3v) is 5.01. The van der Waals surface area contributed by atoms with Gasteiger partial charge in [0.1, 0.15) is 5.82 Å². The summed E-state index contributed by atoms with van der Waals surface area (Å²) in [6, 6.07) is 3.85. The van der Waals surface area contributed by atoms with Gasteiger partial charge in [-0.05, 0) is 50.7 Å². The first-order valence-corrected chi connectivity index (χ1v) is 8.24. The highest BCUT2D eigenvalue weighted by Gasteiger charge is 2.36. The Balaban J connectivity index is 1.83. The summed E-state index contributed by atoms with van der Waals surface area (Å²) in [5, 5.41) is 12.8. The minimum absolute atomic E-state index is 0.233. The van der Waals surface area contributed by atoms with Gasteiger partial charge < -0.3 is 10.4 Å². The summed E-state index contributed by atoms with van der Waals surface area (Å²) in [7, 11) is 0. The number of aromatic nitrogens is 3. The van der Waals surface area contributed by atoms with E-state index in [1.165, 1.54) is 19.3 Å². The van der Waals surface area contributed by atoms with Gasteiger partial charge in [-0.3, -0.25) is 4.98 Å². The molecule has 122 valence electrons. The van der Waals surface area contributed by atoms with E-state index in [1.807, 2.05) is 26.0 Å². The molecule has 0 aromatic carbocycles. The molecule has 23 heavy (non-hydrogen) atoms. The second kappa shape index (κ2) is 6.62. The highest BCUT2D eigenvalue weighted by molar-refractivity contribution is 5.59. The lowest BCUT2D eigenvalue weighted by atomic mass is 9.67. The van der Waals surface area contributed by atoms with Crippen molar-refractivity contribution < 1.29 is 5.11 Å². The second-order valence-corrected chi connectivity index (χ2v) is 6.52. The highest BCUT2D eigenvalue weighted by atomic mass is 16.3. The van der Waals surface area contributed by atoms with E-state index < -0.39 is 0 Å². The van der Waals surface area contributed by atoms with Crippen LogP contribution in [0, 0.1) is 19.3 Å². The highest BCUT2D eigenvalue weighted by Crippen LogP contribution is 2.43. The van der Waals surface area contributed by atoms with Gasteiger partial charge in [0.2, 0.25) is 0 Å². The molecule has 3 rings (SSSR count). The largest absolute Gasteiger partial charge is 0.396 e. The fraction of sp³-hybridized carbons (Fsp3) is 0.500. The SMILES string of the molecule is Cc1nc(-c2ccncc2)nc(NCC2(CCO)CCC2)c1C. The molecule has 0 saturated heterocycles. The normalized spacial score (nSPS) is 16.0. The van der Waals surface area contributed by atoms with Crippen molar-refractivity contribution in [3.8, 4) is 11.4 Å². The molecule has 0 atom stereocenters. The molecule has 5 nitrogen and oxygen atoms in total. The molecule has 1 fully saturated rings.